The molecule has 0 radical (unpaired) electrons. The van der Waals surface area contributed by atoms with Crippen LogP contribution in [0, 0.1) is 5.41 Å². The second-order valence-corrected chi connectivity index (χ2v) is 8.31. The number of carbonyl (C=O) groups excluding carboxylic acids is 2. The first-order valence-corrected chi connectivity index (χ1v) is 9.10. The predicted molar refractivity (Wildman–Crippen MR) is 96.4 cm³/mol. The fraction of sp³-hybridized carbons (Fsp3) is 0.600. The lowest BCUT2D eigenvalue weighted by Crippen LogP contribution is -2.46. The van der Waals surface area contributed by atoms with Crippen LogP contribution in [-0.2, 0) is 4.74 Å². The molecular weight excluding hydrogens is 316 g/mol. The molecule has 1 aromatic rings. The van der Waals surface area contributed by atoms with Crippen LogP contribution < -0.4 is 0 Å². The fourth-order valence-corrected chi connectivity index (χ4v) is 3.77. The highest BCUT2D eigenvalue weighted by molar-refractivity contribution is 5.94. The number of carbonyl (C=O) groups is 2. The Balaban J connectivity index is 1.56. The maximum atomic E-state index is 12.6. The summed E-state index contributed by atoms with van der Waals surface area (Å²) >= 11 is 0. The van der Waals surface area contributed by atoms with E-state index in [1.807, 2.05) is 56.0 Å². The summed E-state index contributed by atoms with van der Waals surface area (Å²) in [6, 6.07) is 9.47. The maximum absolute atomic E-state index is 12.6. The Labute approximate surface area is 149 Å². The minimum Gasteiger partial charge on any atom is -0.444 e. The van der Waals surface area contributed by atoms with Crippen molar-refractivity contribution in [2.24, 2.45) is 5.41 Å². The molecule has 0 atom stereocenters. The quantitative estimate of drug-likeness (QED) is 0.783. The molecular formula is C20H28N2O3. The number of nitrogens with zero attached hydrogens (tertiary/aromatic N) is 2. The van der Waals surface area contributed by atoms with Crippen LogP contribution in [0.5, 0.6) is 0 Å². The number of ether oxygens (including phenoxy) is 1. The van der Waals surface area contributed by atoms with Crippen molar-refractivity contribution in [3.05, 3.63) is 35.9 Å². The number of likely N-dealkylation sites (tertiary alicyclic amines) is 2. The summed E-state index contributed by atoms with van der Waals surface area (Å²) < 4.78 is 5.47. The van der Waals surface area contributed by atoms with Gasteiger partial charge in [0.05, 0.1) is 0 Å². The van der Waals surface area contributed by atoms with Gasteiger partial charge >= 0.3 is 6.09 Å². The van der Waals surface area contributed by atoms with Gasteiger partial charge in [-0.1, -0.05) is 18.2 Å². The third-order valence-electron chi connectivity index (χ3n) is 5.22. The van der Waals surface area contributed by atoms with Gasteiger partial charge < -0.3 is 14.5 Å². The van der Waals surface area contributed by atoms with Crippen LogP contribution in [0.15, 0.2) is 30.3 Å². The molecule has 0 N–H and O–H groups in total. The first kappa shape index (κ1) is 17.8. The number of rotatable bonds is 1. The van der Waals surface area contributed by atoms with Crippen LogP contribution >= 0.6 is 0 Å². The molecule has 2 saturated heterocycles. The largest absolute Gasteiger partial charge is 0.444 e. The van der Waals surface area contributed by atoms with E-state index in [0.717, 1.165) is 37.9 Å². The fourth-order valence-electron chi connectivity index (χ4n) is 3.77. The van der Waals surface area contributed by atoms with E-state index in [1.165, 1.54) is 0 Å². The van der Waals surface area contributed by atoms with Crippen LogP contribution in [0.4, 0.5) is 4.79 Å². The summed E-state index contributed by atoms with van der Waals surface area (Å²) in [5, 5.41) is 0. The Morgan fingerprint density at radius 2 is 1.52 bits per heavy atom. The van der Waals surface area contributed by atoms with Crippen molar-refractivity contribution < 1.29 is 14.3 Å². The molecule has 2 amide bonds. The lowest BCUT2D eigenvalue weighted by Gasteiger charge is -2.39. The number of hydrogen-bond acceptors (Lipinski definition) is 3. The van der Waals surface area contributed by atoms with E-state index in [1.54, 1.807) is 4.90 Å². The molecule has 0 unspecified atom stereocenters. The molecule has 0 saturated carbocycles. The molecule has 1 spiro atoms. The first-order valence-electron chi connectivity index (χ1n) is 9.10. The zero-order valence-electron chi connectivity index (χ0n) is 15.5. The highest BCUT2D eigenvalue weighted by Gasteiger charge is 2.43. The Kier molecular flexibility index (Phi) is 4.76. The molecule has 0 bridgehead atoms. The third-order valence-corrected chi connectivity index (χ3v) is 5.22. The average molecular weight is 344 g/mol. The summed E-state index contributed by atoms with van der Waals surface area (Å²) in [6.45, 7) is 8.69. The van der Waals surface area contributed by atoms with Gasteiger partial charge in [-0.15, -0.1) is 0 Å². The van der Waals surface area contributed by atoms with Crippen molar-refractivity contribution in [2.45, 2.75) is 45.6 Å². The second kappa shape index (κ2) is 6.70. The SMILES string of the molecule is CC(C)(C)OC(=O)N1CCC2(CC1)CCN(C(=O)c1ccccc1)C2. The van der Waals surface area contributed by atoms with E-state index in [9.17, 15) is 9.59 Å². The number of benzene rings is 1. The minimum atomic E-state index is -0.460. The smallest absolute Gasteiger partial charge is 0.410 e. The van der Waals surface area contributed by atoms with E-state index >= 15 is 0 Å². The van der Waals surface area contributed by atoms with Gasteiger partial charge in [-0.05, 0) is 57.6 Å². The zero-order valence-corrected chi connectivity index (χ0v) is 15.5. The van der Waals surface area contributed by atoms with Gasteiger partial charge in [0.2, 0.25) is 0 Å². The lowest BCUT2D eigenvalue weighted by atomic mass is 9.78. The highest BCUT2D eigenvalue weighted by Crippen LogP contribution is 2.41. The van der Waals surface area contributed by atoms with E-state index < -0.39 is 5.60 Å². The van der Waals surface area contributed by atoms with Crippen molar-refractivity contribution in [2.75, 3.05) is 26.2 Å². The highest BCUT2D eigenvalue weighted by atomic mass is 16.6. The van der Waals surface area contributed by atoms with Gasteiger partial charge in [0.15, 0.2) is 0 Å². The molecule has 25 heavy (non-hydrogen) atoms. The Morgan fingerprint density at radius 3 is 2.08 bits per heavy atom. The normalized spacial score (nSPS) is 20.0. The van der Waals surface area contributed by atoms with Gasteiger partial charge in [0, 0.05) is 31.7 Å². The van der Waals surface area contributed by atoms with E-state index in [2.05, 4.69) is 0 Å². The van der Waals surface area contributed by atoms with Gasteiger partial charge in [-0.25, -0.2) is 4.79 Å². The number of piperidine rings is 1. The molecule has 5 nitrogen and oxygen atoms in total. The van der Waals surface area contributed by atoms with Crippen LogP contribution in [0.1, 0.15) is 50.4 Å². The minimum absolute atomic E-state index is 0.118. The molecule has 136 valence electrons. The van der Waals surface area contributed by atoms with Gasteiger partial charge in [-0.2, -0.15) is 0 Å². The van der Waals surface area contributed by atoms with E-state index in [4.69, 9.17) is 4.74 Å². The Hall–Kier alpha value is -2.04. The Morgan fingerprint density at radius 1 is 0.960 bits per heavy atom. The molecule has 3 rings (SSSR count). The average Bonchev–Trinajstić information content (AvgIpc) is 2.98. The van der Waals surface area contributed by atoms with Crippen molar-refractivity contribution in [1.29, 1.82) is 0 Å². The summed E-state index contributed by atoms with van der Waals surface area (Å²) in [5.41, 5.74) is 0.451. The standard InChI is InChI=1S/C20H28N2O3/c1-19(2,3)25-18(24)21-12-9-20(10-13-21)11-14-22(15-20)17(23)16-7-5-4-6-8-16/h4-8H,9-15H2,1-3H3. The van der Waals surface area contributed by atoms with Crippen molar-refractivity contribution in [3.8, 4) is 0 Å². The summed E-state index contributed by atoms with van der Waals surface area (Å²) in [7, 11) is 0. The van der Waals surface area contributed by atoms with Crippen molar-refractivity contribution in [1.82, 2.24) is 9.80 Å². The van der Waals surface area contributed by atoms with Crippen LogP contribution in [0.25, 0.3) is 0 Å². The summed E-state index contributed by atoms with van der Waals surface area (Å²) in [4.78, 5) is 28.6. The molecule has 1 aromatic carbocycles. The summed E-state index contributed by atoms with van der Waals surface area (Å²) in [6.07, 6.45) is 2.67. The van der Waals surface area contributed by atoms with Crippen molar-refractivity contribution >= 4 is 12.0 Å². The monoisotopic (exact) mass is 344 g/mol. The van der Waals surface area contributed by atoms with Crippen molar-refractivity contribution in [3.63, 3.8) is 0 Å². The number of hydrogen-bond donors (Lipinski definition) is 0. The van der Waals surface area contributed by atoms with Gasteiger partial charge in [0.1, 0.15) is 5.60 Å². The molecule has 2 fully saturated rings. The summed E-state index contributed by atoms with van der Waals surface area (Å²) in [5.74, 6) is 0.118. The topological polar surface area (TPSA) is 49.9 Å². The molecule has 0 aromatic heterocycles. The number of amides is 2. The van der Waals surface area contributed by atoms with E-state index in [-0.39, 0.29) is 17.4 Å². The molecule has 2 heterocycles. The molecule has 0 aliphatic carbocycles. The first-order chi connectivity index (χ1) is 11.8. The lowest BCUT2D eigenvalue weighted by molar-refractivity contribution is 0.0108. The van der Waals surface area contributed by atoms with Crippen LogP contribution in [0.3, 0.4) is 0 Å². The predicted octanol–water partition coefficient (Wildman–Crippen LogP) is 3.55. The molecule has 5 heteroatoms. The van der Waals surface area contributed by atoms with Crippen LogP contribution in [-0.4, -0.2) is 53.6 Å². The maximum Gasteiger partial charge on any atom is 0.410 e. The van der Waals surface area contributed by atoms with Gasteiger partial charge in [-0.3, -0.25) is 4.79 Å². The van der Waals surface area contributed by atoms with Gasteiger partial charge in [0.25, 0.3) is 5.91 Å². The third kappa shape index (κ3) is 4.14. The Bertz CT molecular complexity index is 628. The van der Waals surface area contributed by atoms with Crippen LogP contribution in [0.2, 0.25) is 0 Å². The zero-order chi connectivity index (χ0) is 18.1. The second-order valence-electron chi connectivity index (χ2n) is 8.31. The van der Waals surface area contributed by atoms with E-state index in [0.29, 0.717) is 13.1 Å². The molecule has 2 aliphatic heterocycles. The molecule has 2 aliphatic rings.